The molecule has 7 nitrogen and oxygen atoms in total. The molecule has 0 spiro atoms. The fourth-order valence-electron chi connectivity index (χ4n) is 2.71. The number of ether oxygens (including phenoxy) is 2. The molecule has 1 aliphatic heterocycles. The Morgan fingerprint density at radius 1 is 1.26 bits per heavy atom. The molecule has 0 bridgehead atoms. The number of fused-ring (bicyclic) bond motifs is 1. The molecule has 0 saturated heterocycles. The van der Waals surface area contributed by atoms with Crippen molar-refractivity contribution in [2.45, 2.75) is 38.4 Å². The highest BCUT2D eigenvalue weighted by Crippen LogP contribution is 2.28. The fraction of sp³-hybridized carbons (Fsp3) is 0.350. The average Bonchev–Trinajstić information content (AvgIpc) is 2.60. The average molecular weight is 374 g/mol. The van der Waals surface area contributed by atoms with E-state index in [4.69, 9.17) is 9.47 Å². The van der Waals surface area contributed by atoms with Crippen LogP contribution in [0.5, 0.6) is 5.75 Å². The normalized spacial score (nSPS) is 21.1. The summed E-state index contributed by atoms with van der Waals surface area (Å²) in [5, 5.41) is 20.2. The van der Waals surface area contributed by atoms with Gasteiger partial charge in [0.05, 0.1) is 18.8 Å². The minimum atomic E-state index is -0.892. The lowest BCUT2D eigenvalue weighted by atomic mass is 9.98. The zero-order valence-corrected chi connectivity index (χ0v) is 15.2. The molecular weight excluding hydrogens is 352 g/mol. The molecule has 2 rings (SSSR count). The van der Waals surface area contributed by atoms with Gasteiger partial charge in [0.1, 0.15) is 23.2 Å². The first-order valence-electron chi connectivity index (χ1n) is 8.51. The number of methoxy groups -OCH3 is 1. The minimum absolute atomic E-state index is 0.0143. The van der Waals surface area contributed by atoms with E-state index in [1.165, 1.54) is 31.4 Å². The summed E-state index contributed by atoms with van der Waals surface area (Å²) in [5.41, 5.74) is 0.0231. The van der Waals surface area contributed by atoms with E-state index in [2.05, 4.69) is 0 Å². The van der Waals surface area contributed by atoms with Gasteiger partial charge in [-0.05, 0) is 31.6 Å². The summed E-state index contributed by atoms with van der Waals surface area (Å²) in [6, 6.07) is 2.56. The lowest BCUT2D eigenvalue weighted by molar-refractivity contribution is -0.120. The molecule has 7 heteroatoms. The van der Waals surface area contributed by atoms with Crippen molar-refractivity contribution in [3.63, 3.8) is 0 Å². The molecule has 0 fully saturated rings. The standard InChI is InChI=1S/C20H22O7/c1-12-5-3-6-13(21)11-14(22)7-4-8-15-16(19(24)26-2)9-10-17(23)18(15)20(25)27-12/h3-5,8-10,12,14,22-23H,6-7,11H2,1-2H3/t12-,14-/m0/s1. The number of aliphatic hydroxyl groups excluding tert-OH is 1. The van der Waals surface area contributed by atoms with Gasteiger partial charge in [0.25, 0.3) is 0 Å². The summed E-state index contributed by atoms with van der Waals surface area (Å²) >= 11 is 0. The molecule has 1 aliphatic rings. The highest BCUT2D eigenvalue weighted by atomic mass is 16.5. The Labute approximate surface area is 156 Å². The van der Waals surface area contributed by atoms with Gasteiger partial charge in [0.15, 0.2) is 0 Å². The first-order chi connectivity index (χ1) is 12.8. The van der Waals surface area contributed by atoms with Gasteiger partial charge < -0.3 is 19.7 Å². The highest BCUT2D eigenvalue weighted by molar-refractivity contribution is 6.03. The Balaban J connectivity index is 2.55. The third-order valence-corrected chi connectivity index (χ3v) is 4.03. The van der Waals surface area contributed by atoms with E-state index in [0.29, 0.717) is 0 Å². The van der Waals surface area contributed by atoms with Crippen molar-refractivity contribution in [3.8, 4) is 5.75 Å². The smallest absolute Gasteiger partial charge is 0.343 e. The lowest BCUT2D eigenvalue weighted by Crippen LogP contribution is -2.17. The number of Topliss-reactive ketones (excluding diaryl/α,β-unsaturated/α-hetero) is 1. The van der Waals surface area contributed by atoms with Gasteiger partial charge in [0.2, 0.25) is 0 Å². The molecule has 0 aliphatic carbocycles. The summed E-state index contributed by atoms with van der Waals surface area (Å²) in [5.74, 6) is -1.99. The third-order valence-electron chi connectivity index (χ3n) is 4.03. The zero-order valence-electron chi connectivity index (χ0n) is 15.2. The van der Waals surface area contributed by atoms with E-state index in [1.807, 2.05) is 0 Å². The molecule has 144 valence electrons. The molecule has 1 aromatic rings. The summed E-state index contributed by atoms with van der Waals surface area (Å²) in [4.78, 5) is 36.5. The molecular formula is C20H22O7. The van der Waals surface area contributed by atoms with E-state index in [0.717, 1.165) is 0 Å². The molecule has 0 unspecified atom stereocenters. The van der Waals surface area contributed by atoms with Crippen LogP contribution in [0.1, 0.15) is 52.5 Å². The van der Waals surface area contributed by atoms with Gasteiger partial charge in [-0.15, -0.1) is 0 Å². The first-order valence-corrected chi connectivity index (χ1v) is 8.51. The third kappa shape index (κ3) is 5.27. The number of hydrogen-bond donors (Lipinski definition) is 2. The van der Waals surface area contributed by atoms with Gasteiger partial charge in [-0.3, -0.25) is 4.79 Å². The molecule has 0 radical (unpaired) electrons. The van der Waals surface area contributed by atoms with Crippen molar-refractivity contribution in [2.24, 2.45) is 0 Å². The van der Waals surface area contributed by atoms with Crippen molar-refractivity contribution in [1.29, 1.82) is 0 Å². The van der Waals surface area contributed by atoms with Crippen LogP contribution in [0.4, 0.5) is 0 Å². The summed E-state index contributed by atoms with van der Waals surface area (Å²) in [7, 11) is 1.20. The first kappa shape index (κ1) is 20.4. The molecule has 0 amide bonds. The van der Waals surface area contributed by atoms with Crippen LogP contribution in [0.25, 0.3) is 6.08 Å². The number of ketones is 1. The number of aromatic hydroxyl groups is 1. The van der Waals surface area contributed by atoms with Crippen molar-refractivity contribution in [3.05, 3.63) is 47.1 Å². The Morgan fingerprint density at radius 2 is 2.00 bits per heavy atom. The predicted molar refractivity (Wildman–Crippen MR) is 97.4 cm³/mol. The second-order valence-electron chi connectivity index (χ2n) is 6.19. The van der Waals surface area contributed by atoms with E-state index in [1.54, 1.807) is 19.1 Å². The summed E-state index contributed by atoms with van der Waals surface area (Å²) < 4.78 is 10.0. The van der Waals surface area contributed by atoms with Crippen LogP contribution in [-0.2, 0) is 14.3 Å². The van der Waals surface area contributed by atoms with Gasteiger partial charge in [0, 0.05) is 18.4 Å². The number of cyclic esters (lactones) is 1. The van der Waals surface area contributed by atoms with Crippen molar-refractivity contribution in [2.75, 3.05) is 7.11 Å². The van der Waals surface area contributed by atoms with Gasteiger partial charge in [-0.1, -0.05) is 18.2 Å². The molecule has 0 saturated carbocycles. The monoisotopic (exact) mass is 374 g/mol. The Hall–Kier alpha value is -2.93. The van der Waals surface area contributed by atoms with Crippen LogP contribution in [-0.4, -0.2) is 47.3 Å². The van der Waals surface area contributed by atoms with Gasteiger partial charge >= 0.3 is 11.9 Å². The maximum atomic E-state index is 12.6. The largest absolute Gasteiger partial charge is 0.507 e. The van der Waals surface area contributed by atoms with E-state index < -0.39 is 24.1 Å². The molecule has 27 heavy (non-hydrogen) atoms. The van der Waals surface area contributed by atoms with Crippen molar-refractivity contribution < 1.29 is 34.1 Å². The van der Waals surface area contributed by atoms with Crippen LogP contribution in [0.15, 0.2) is 30.4 Å². The van der Waals surface area contributed by atoms with Crippen LogP contribution in [0, 0.1) is 0 Å². The number of carbonyl (C=O) groups is 3. The number of benzene rings is 1. The zero-order chi connectivity index (χ0) is 20.0. The molecule has 1 heterocycles. The summed E-state index contributed by atoms with van der Waals surface area (Å²) in [6.45, 7) is 1.61. The van der Waals surface area contributed by atoms with Crippen LogP contribution >= 0.6 is 0 Å². The summed E-state index contributed by atoms with van der Waals surface area (Å²) in [6.07, 6.45) is 4.77. The number of rotatable bonds is 1. The van der Waals surface area contributed by atoms with Crippen LogP contribution < -0.4 is 0 Å². The van der Waals surface area contributed by atoms with Crippen molar-refractivity contribution >= 4 is 23.8 Å². The number of hydrogen-bond acceptors (Lipinski definition) is 7. The quantitative estimate of drug-likeness (QED) is 0.574. The maximum absolute atomic E-state index is 12.6. The van der Waals surface area contributed by atoms with E-state index in [9.17, 15) is 24.6 Å². The number of aliphatic hydroxyl groups is 1. The maximum Gasteiger partial charge on any atom is 0.343 e. The number of esters is 2. The Kier molecular flexibility index (Phi) is 6.90. The second-order valence-corrected chi connectivity index (χ2v) is 6.19. The number of phenols is 1. The number of phenolic OH excluding ortho intramolecular Hbond substituents is 1. The highest BCUT2D eigenvalue weighted by Gasteiger charge is 2.24. The molecule has 2 atom stereocenters. The van der Waals surface area contributed by atoms with E-state index >= 15 is 0 Å². The molecule has 1 aromatic carbocycles. The number of allylic oxidation sites excluding steroid dienone is 1. The second kappa shape index (κ2) is 9.14. The van der Waals surface area contributed by atoms with Gasteiger partial charge in [-0.25, -0.2) is 9.59 Å². The van der Waals surface area contributed by atoms with Crippen LogP contribution in [0.3, 0.4) is 0 Å². The Morgan fingerprint density at radius 3 is 2.70 bits per heavy atom. The SMILES string of the molecule is COC(=O)c1ccc(O)c2c1C=CC[C@H](O)CC(=O)CC=C[C@H](C)OC2=O. The van der Waals surface area contributed by atoms with Gasteiger partial charge in [-0.2, -0.15) is 0 Å². The fourth-order valence-corrected chi connectivity index (χ4v) is 2.71. The van der Waals surface area contributed by atoms with Crippen molar-refractivity contribution in [1.82, 2.24) is 0 Å². The molecule has 2 N–H and O–H groups in total. The van der Waals surface area contributed by atoms with E-state index in [-0.39, 0.29) is 47.5 Å². The predicted octanol–water partition coefficient (Wildman–Crippen LogP) is 2.41. The minimum Gasteiger partial charge on any atom is -0.507 e. The Bertz CT molecular complexity index is 792. The molecule has 0 aromatic heterocycles. The van der Waals surface area contributed by atoms with Crippen LogP contribution in [0.2, 0.25) is 0 Å². The lowest BCUT2D eigenvalue weighted by Gasteiger charge is -2.15. The topological polar surface area (TPSA) is 110 Å². The number of carbonyl (C=O) groups excluding carboxylic acids is 3.